The van der Waals surface area contributed by atoms with Crippen molar-refractivity contribution in [3.8, 4) is 0 Å². The Hall–Kier alpha value is -4.41. The highest BCUT2D eigenvalue weighted by atomic mass is 19.2. The maximum Gasteiger partial charge on any atom is 0.287 e. The number of nitrogens with two attached hydrogens (primary N) is 1. The van der Waals surface area contributed by atoms with Crippen LogP contribution in [0, 0.1) is 11.6 Å². The first-order valence-electron chi connectivity index (χ1n) is 10.3. The number of nitrogen functional groups attached to an aromatic ring is 1. The summed E-state index contributed by atoms with van der Waals surface area (Å²) >= 11 is 0. The van der Waals surface area contributed by atoms with E-state index >= 15 is 0 Å². The summed E-state index contributed by atoms with van der Waals surface area (Å²) < 4.78 is 26.9. The van der Waals surface area contributed by atoms with Gasteiger partial charge in [0.1, 0.15) is 11.4 Å². The molecule has 0 saturated heterocycles. The Labute approximate surface area is 189 Å². The van der Waals surface area contributed by atoms with Crippen LogP contribution < -0.4 is 32.4 Å². The Morgan fingerprint density at radius 2 is 1.85 bits per heavy atom. The molecule has 1 amide bonds. The van der Waals surface area contributed by atoms with E-state index in [2.05, 4.69) is 15.3 Å². The maximum absolute atomic E-state index is 13.5. The van der Waals surface area contributed by atoms with E-state index in [0.717, 1.165) is 28.8 Å². The molecule has 0 unspecified atom stereocenters. The topological polar surface area (TPSA) is 138 Å². The fourth-order valence-corrected chi connectivity index (χ4v) is 4.13. The lowest BCUT2D eigenvalue weighted by Gasteiger charge is -2.32. The molecule has 11 heteroatoms. The summed E-state index contributed by atoms with van der Waals surface area (Å²) in [5.41, 5.74) is 6.54. The fraction of sp³-hybridized carbons (Fsp3) is 0.174. The lowest BCUT2D eigenvalue weighted by molar-refractivity contribution is 0.0940. The van der Waals surface area contributed by atoms with Gasteiger partial charge in [-0.2, -0.15) is 0 Å². The Morgan fingerprint density at radius 1 is 1.09 bits per heavy atom. The third-order valence-corrected chi connectivity index (χ3v) is 5.94. The van der Waals surface area contributed by atoms with Crippen molar-refractivity contribution in [2.45, 2.75) is 19.5 Å². The number of fused-ring (bicyclic) bond motifs is 2. The van der Waals surface area contributed by atoms with Crippen LogP contribution in [0.4, 0.5) is 20.2 Å². The van der Waals surface area contributed by atoms with Crippen LogP contribution >= 0.6 is 0 Å². The van der Waals surface area contributed by atoms with Gasteiger partial charge < -0.3 is 20.9 Å². The van der Waals surface area contributed by atoms with Crippen LogP contribution in [0.25, 0.3) is 10.9 Å². The second kappa shape index (κ2) is 7.87. The summed E-state index contributed by atoms with van der Waals surface area (Å²) in [5, 5.41) is 2.47. The molecule has 4 aromatic rings. The molecule has 0 atom stereocenters. The maximum atomic E-state index is 13.5. The van der Waals surface area contributed by atoms with Gasteiger partial charge in [0.15, 0.2) is 17.5 Å². The number of halogens is 2. The van der Waals surface area contributed by atoms with Crippen LogP contribution in [0.3, 0.4) is 0 Å². The van der Waals surface area contributed by atoms with Crippen LogP contribution in [0.1, 0.15) is 27.3 Å². The van der Waals surface area contributed by atoms with Crippen molar-refractivity contribution in [1.29, 1.82) is 0 Å². The first kappa shape index (κ1) is 21.4. The number of aromatic amines is 1. The van der Waals surface area contributed by atoms with Gasteiger partial charge >= 0.3 is 0 Å². The second-order valence-electron chi connectivity index (χ2n) is 8.08. The molecule has 1 aromatic heterocycles. The summed E-state index contributed by atoms with van der Waals surface area (Å²) in [5.74, 6) is -3.39. The number of nitrogens with zero attached hydrogens (tertiary/aromatic N) is 2. The van der Waals surface area contributed by atoms with Gasteiger partial charge in [-0.05, 0) is 29.2 Å². The molecule has 34 heavy (non-hydrogen) atoms. The van der Waals surface area contributed by atoms with Crippen molar-refractivity contribution in [1.82, 2.24) is 15.3 Å². The summed E-state index contributed by atoms with van der Waals surface area (Å²) in [6, 6.07) is 7.13. The van der Waals surface area contributed by atoms with E-state index in [1.54, 1.807) is 4.90 Å². The van der Waals surface area contributed by atoms with E-state index in [9.17, 15) is 28.0 Å². The Morgan fingerprint density at radius 3 is 2.62 bits per heavy atom. The number of aromatic nitrogens is 2. The number of hydrogen-bond donors (Lipinski definition) is 3. The van der Waals surface area contributed by atoms with Gasteiger partial charge in [0.25, 0.3) is 22.3 Å². The molecule has 0 saturated carbocycles. The average molecular weight is 465 g/mol. The van der Waals surface area contributed by atoms with Crippen LogP contribution in [-0.2, 0) is 19.5 Å². The van der Waals surface area contributed by atoms with E-state index in [-0.39, 0.29) is 34.6 Å². The van der Waals surface area contributed by atoms with Crippen molar-refractivity contribution < 1.29 is 13.6 Å². The lowest BCUT2D eigenvalue weighted by Crippen LogP contribution is -2.44. The number of nitrogens with one attached hydrogen (secondary N) is 2. The molecule has 9 nitrogen and oxygen atoms in total. The molecular weight excluding hydrogens is 448 g/mol. The molecule has 0 fully saturated rings. The number of anilines is 2. The normalized spacial score (nSPS) is 13.3. The highest BCUT2D eigenvalue weighted by Crippen LogP contribution is 2.26. The minimum atomic E-state index is -1.18. The zero-order valence-corrected chi connectivity index (χ0v) is 17.6. The van der Waals surface area contributed by atoms with Crippen LogP contribution in [0.5, 0.6) is 0 Å². The molecule has 1 aliphatic rings. The van der Waals surface area contributed by atoms with E-state index in [0.29, 0.717) is 19.5 Å². The zero-order valence-electron chi connectivity index (χ0n) is 17.6. The molecule has 0 bridgehead atoms. The van der Waals surface area contributed by atoms with Crippen molar-refractivity contribution in [3.63, 3.8) is 0 Å². The first-order valence-corrected chi connectivity index (χ1v) is 10.3. The monoisotopic (exact) mass is 465 g/mol. The van der Waals surface area contributed by atoms with Crippen molar-refractivity contribution in [2.75, 3.05) is 17.2 Å². The van der Waals surface area contributed by atoms with Crippen molar-refractivity contribution in [3.05, 3.63) is 95.3 Å². The number of amides is 1. The van der Waals surface area contributed by atoms with Gasteiger partial charge in [-0.3, -0.25) is 19.2 Å². The number of carbonyl (C=O) groups excluding carboxylic acids is 1. The summed E-state index contributed by atoms with van der Waals surface area (Å²) in [7, 11) is 0. The molecule has 172 valence electrons. The van der Waals surface area contributed by atoms with Gasteiger partial charge in [-0.15, -0.1) is 0 Å². The van der Waals surface area contributed by atoms with Crippen LogP contribution in [-0.4, -0.2) is 22.4 Å². The summed E-state index contributed by atoms with van der Waals surface area (Å²) in [4.78, 5) is 56.0. The van der Waals surface area contributed by atoms with E-state index in [1.807, 2.05) is 18.2 Å². The zero-order chi connectivity index (χ0) is 24.1. The lowest BCUT2D eigenvalue weighted by atomic mass is 9.96. The highest BCUT2D eigenvalue weighted by Gasteiger charge is 2.27. The van der Waals surface area contributed by atoms with Crippen molar-refractivity contribution in [2.24, 2.45) is 0 Å². The van der Waals surface area contributed by atoms with Gasteiger partial charge in [0, 0.05) is 25.7 Å². The molecule has 1 aliphatic heterocycles. The van der Waals surface area contributed by atoms with Gasteiger partial charge in [0.2, 0.25) is 0 Å². The highest BCUT2D eigenvalue weighted by molar-refractivity contribution is 5.92. The summed E-state index contributed by atoms with van der Waals surface area (Å²) in [6.07, 6.45) is 0.666. The Balaban J connectivity index is 1.33. The molecule has 2 heterocycles. The van der Waals surface area contributed by atoms with Gasteiger partial charge in [-0.1, -0.05) is 18.2 Å². The Bertz CT molecular complexity index is 1620. The molecule has 3 aromatic carbocycles. The molecular formula is C23H17F2N5O4. The minimum Gasteiger partial charge on any atom is -0.394 e. The third kappa shape index (κ3) is 3.51. The van der Waals surface area contributed by atoms with E-state index in [1.165, 1.54) is 0 Å². The largest absolute Gasteiger partial charge is 0.394 e. The van der Waals surface area contributed by atoms with Crippen LogP contribution in [0.2, 0.25) is 0 Å². The van der Waals surface area contributed by atoms with E-state index in [4.69, 9.17) is 5.73 Å². The first-order chi connectivity index (χ1) is 16.2. The minimum absolute atomic E-state index is 0.0173. The molecule has 5 rings (SSSR count). The summed E-state index contributed by atoms with van der Waals surface area (Å²) in [6.45, 7) is 1.06. The number of rotatable bonds is 4. The standard InChI is InChI=1S/C23H17F2N5O4/c24-14-6-13-16(7-15(14)25)28-21(29-22(13)33)23(34)27-8-10-1-2-11-3-4-30(9-12(11)5-10)18-17(26)19(31)20(18)32/h1-2,5-7H,3-4,8-9,26H2,(H,27,34)(H,28,29,33). The van der Waals surface area contributed by atoms with Crippen LogP contribution in [0.15, 0.2) is 44.7 Å². The molecule has 0 spiro atoms. The number of benzene rings is 2. The number of hydrogen-bond acceptors (Lipinski definition) is 7. The predicted octanol–water partition coefficient (Wildman–Crippen LogP) is 0.872. The average Bonchev–Trinajstić information content (AvgIpc) is 2.83. The number of carbonyl (C=O) groups is 1. The van der Waals surface area contributed by atoms with Gasteiger partial charge in [0.05, 0.1) is 10.9 Å². The molecule has 4 N–H and O–H groups in total. The Kier molecular flexibility index (Phi) is 4.96. The second-order valence-corrected chi connectivity index (χ2v) is 8.08. The van der Waals surface area contributed by atoms with E-state index < -0.39 is 34.0 Å². The smallest absolute Gasteiger partial charge is 0.287 e. The molecule has 0 aliphatic carbocycles. The van der Waals surface area contributed by atoms with Crippen molar-refractivity contribution >= 4 is 28.2 Å². The quantitative estimate of drug-likeness (QED) is 0.380. The predicted molar refractivity (Wildman–Crippen MR) is 120 cm³/mol. The molecule has 0 radical (unpaired) electrons. The number of H-pyrrole nitrogens is 1. The van der Waals surface area contributed by atoms with Gasteiger partial charge in [-0.25, -0.2) is 13.8 Å². The SMILES string of the molecule is Nc1c(N2CCc3ccc(CNC(=O)c4nc5cc(F)c(F)cc5c(=O)[nH]4)cc3C2)c(=O)c1=O. The third-order valence-electron chi connectivity index (χ3n) is 5.94. The fourth-order valence-electron chi connectivity index (χ4n) is 4.13.